The van der Waals surface area contributed by atoms with Crippen LogP contribution in [0.25, 0.3) is 0 Å². The molecular formula is C16H25NO2. The lowest BCUT2D eigenvalue weighted by atomic mass is 10.1. The molecule has 0 bridgehead atoms. The minimum atomic E-state index is 0.245. The fourth-order valence-corrected chi connectivity index (χ4v) is 2.73. The summed E-state index contributed by atoms with van der Waals surface area (Å²) in [5.41, 5.74) is 0. The van der Waals surface area contributed by atoms with E-state index in [1.807, 2.05) is 38.2 Å². The van der Waals surface area contributed by atoms with Gasteiger partial charge in [0.25, 0.3) is 0 Å². The maximum Gasteiger partial charge on any atom is 0.161 e. The molecule has 1 aliphatic carbocycles. The van der Waals surface area contributed by atoms with Gasteiger partial charge in [0.05, 0.1) is 6.61 Å². The summed E-state index contributed by atoms with van der Waals surface area (Å²) in [6.07, 6.45) is 6.40. The molecule has 2 atom stereocenters. The van der Waals surface area contributed by atoms with Gasteiger partial charge < -0.3 is 14.8 Å². The number of hydrogen-bond donors (Lipinski definition) is 1. The highest BCUT2D eigenvalue weighted by Crippen LogP contribution is 2.30. The molecule has 19 heavy (non-hydrogen) atoms. The molecule has 1 fully saturated rings. The predicted molar refractivity (Wildman–Crippen MR) is 78.0 cm³/mol. The van der Waals surface area contributed by atoms with Crippen LogP contribution in [0.2, 0.25) is 0 Å². The number of ether oxygens (including phenoxy) is 2. The van der Waals surface area contributed by atoms with Gasteiger partial charge in [0, 0.05) is 6.04 Å². The molecule has 0 amide bonds. The largest absolute Gasteiger partial charge is 0.490 e. The number of nitrogens with one attached hydrogen (secondary N) is 1. The quantitative estimate of drug-likeness (QED) is 0.826. The van der Waals surface area contributed by atoms with Crippen LogP contribution in [0.15, 0.2) is 24.3 Å². The van der Waals surface area contributed by atoms with Crippen LogP contribution in [-0.2, 0) is 0 Å². The Kier molecular flexibility index (Phi) is 5.52. The van der Waals surface area contributed by atoms with Crippen LogP contribution in [-0.4, -0.2) is 25.8 Å². The Balaban J connectivity index is 2.09. The van der Waals surface area contributed by atoms with E-state index < -0.39 is 0 Å². The van der Waals surface area contributed by atoms with Gasteiger partial charge in [-0.3, -0.25) is 0 Å². The van der Waals surface area contributed by atoms with Crippen molar-refractivity contribution in [2.24, 2.45) is 0 Å². The number of rotatable bonds is 5. The molecule has 2 rings (SSSR count). The van der Waals surface area contributed by atoms with Gasteiger partial charge in [0.1, 0.15) is 6.10 Å². The third-order valence-electron chi connectivity index (χ3n) is 3.75. The Morgan fingerprint density at radius 3 is 2.58 bits per heavy atom. The Labute approximate surface area is 116 Å². The van der Waals surface area contributed by atoms with Crippen molar-refractivity contribution in [2.45, 2.75) is 51.2 Å². The van der Waals surface area contributed by atoms with E-state index in [9.17, 15) is 0 Å². The molecule has 0 spiro atoms. The molecule has 0 radical (unpaired) electrons. The normalized spacial score (nSPS) is 23.7. The molecule has 2 unspecified atom stereocenters. The van der Waals surface area contributed by atoms with Crippen molar-refractivity contribution in [3.05, 3.63) is 24.3 Å². The van der Waals surface area contributed by atoms with Crippen LogP contribution in [0.4, 0.5) is 0 Å². The van der Waals surface area contributed by atoms with Gasteiger partial charge in [0.2, 0.25) is 0 Å². The first-order valence-corrected chi connectivity index (χ1v) is 7.41. The maximum atomic E-state index is 6.24. The van der Waals surface area contributed by atoms with E-state index in [1.54, 1.807) is 0 Å². The molecule has 1 aromatic rings. The fourth-order valence-electron chi connectivity index (χ4n) is 2.73. The third kappa shape index (κ3) is 3.87. The summed E-state index contributed by atoms with van der Waals surface area (Å²) < 4.78 is 11.9. The first-order valence-electron chi connectivity index (χ1n) is 7.41. The summed E-state index contributed by atoms with van der Waals surface area (Å²) in [7, 11) is 2.03. The van der Waals surface area contributed by atoms with Gasteiger partial charge >= 0.3 is 0 Å². The van der Waals surface area contributed by atoms with Gasteiger partial charge in [-0.15, -0.1) is 0 Å². The van der Waals surface area contributed by atoms with Crippen LogP contribution in [0.1, 0.15) is 39.0 Å². The second-order valence-corrected chi connectivity index (χ2v) is 5.07. The molecule has 0 heterocycles. The van der Waals surface area contributed by atoms with Crippen LogP contribution >= 0.6 is 0 Å². The van der Waals surface area contributed by atoms with Gasteiger partial charge in [-0.25, -0.2) is 0 Å². The van der Waals surface area contributed by atoms with Gasteiger partial charge in [-0.05, 0) is 45.4 Å². The zero-order valence-electron chi connectivity index (χ0n) is 12.0. The van der Waals surface area contributed by atoms with E-state index in [1.165, 1.54) is 25.7 Å². The molecule has 1 aromatic carbocycles. The van der Waals surface area contributed by atoms with Crippen LogP contribution in [0, 0.1) is 0 Å². The van der Waals surface area contributed by atoms with Gasteiger partial charge in [0.15, 0.2) is 11.5 Å². The fraction of sp³-hybridized carbons (Fsp3) is 0.625. The lowest BCUT2D eigenvalue weighted by molar-refractivity contribution is 0.142. The Morgan fingerprint density at radius 2 is 1.84 bits per heavy atom. The van der Waals surface area contributed by atoms with Crippen molar-refractivity contribution in [1.82, 2.24) is 5.32 Å². The second-order valence-electron chi connectivity index (χ2n) is 5.07. The standard InChI is InChI=1S/C16H25NO2/c1-3-18-15-11-7-8-12-16(15)19-14-10-6-4-5-9-13(14)17-2/h7-8,11-14,17H,3-6,9-10H2,1-2H3. The maximum absolute atomic E-state index is 6.24. The summed E-state index contributed by atoms with van der Waals surface area (Å²) in [5, 5.41) is 3.40. The summed E-state index contributed by atoms with van der Waals surface area (Å²) in [4.78, 5) is 0. The van der Waals surface area contributed by atoms with E-state index >= 15 is 0 Å². The average Bonchev–Trinajstić information content (AvgIpc) is 2.66. The average molecular weight is 263 g/mol. The number of likely N-dealkylation sites (N-methyl/N-ethyl adjacent to an activating group) is 1. The molecule has 3 heteroatoms. The summed E-state index contributed by atoms with van der Waals surface area (Å²) in [6.45, 7) is 2.67. The van der Waals surface area contributed by atoms with Crippen molar-refractivity contribution >= 4 is 0 Å². The molecule has 1 saturated carbocycles. The lowest BCUT2D eigenvalue weighted by Gasteiger charge is -2.26. The van der Waals surface area contributed by atoms with Crippen molar-refractivity contribution in [3.63, 3.8) is 0 Å². The third-order valence-corrected chi connectivity index (χ3v) is 3.75. The first kappa shape index (κ1) is 14.2. The lowest BCUT2D eigenvalue weighted by Crippen LogP contribution is -2.40. The summed E-state index contributed by atoms with van der Waals surface area (Å²) in [6, 6.07) is 8.41. The number of para-hydroxylation sites is 2. The molecule has 0 aromatic heterocycles. The Morgan fingerprint density at radius 1 is 1.11 bits per heavy atom. The number of hydrogen-bond acceptors (Lipinski definition) is 3. The first-order chi connectivity index (χ1) is 9.35. The Bertz CT molecular complexity index is 381. The molecule has 0 aliphatic heterocycles. The molecule has 106 valence electrons. The van der Waals surface area contributed by atoms with E-state index in [0.29, 0.717) is 12.6 Å². The Hall–Kier alpha value is -1.22. The molecule has 0 saturated heterocycles. The van der Waals surface area contributed by atoms with Crippen molar-refractivity contribution < 1.29 is 9.47 Å². The predicted octanol–water partition coefficient (Wildman–Crippen LogP) is 3.38. The van der Waals surface area contributed by atoms with E-state index in [-0.39, 0.29) is 6.10 Å². The SMILES string of the molecule is CCOc1ccccc1OC1CCCCCC1NC. The van der Waals surface area contributed by atoms with Crippen LogP contribution < -0.4 is 14.8 Å². The molecule has 1 N–H and O–H groups in total. The molecular weight excluding hydrogens is 238 g/mol. The van der Waals surface area contributed by atoms with Gasteiger partial charge in [-0.1, -0.05) is 25.0 Å². The van der Waals surface area contributed by atoms with E-state index in [2.05, 4.69) is 5.32 Å². The van der Waals surface area contributed by atoms with Crippen molar-refractivity contribution in [1.29, 1.82) is 0 Å². The molecule has 1 aliphatic rings. The van der Waals surface area contributed by atoms with E-state index in [4.69, 9.17) is 9.47 Å². The number of benzene rings is 1. The smallest absolute Gasteiger partial charge is 0.161 e. The highest BCUT2D eigenvalue weighted by Gasteiger charge is 2.24. The zero-order valence-corrected chi connectivity index (χ0v) is 12.0. The zero-order chi connectivity index (χ0) is 13.5. The minimum Gasteiger partial charge on any atom is -0.490 e. The summed E-state index contributed by atoms with van der Waals surface area (Å²) in [5.74, 6) is 1.72. The van der Waals surface area contributed by atoms with Gasteiger partial charge in [-0.2, -0.15) is 0 Å². The molecule has 3 nitrogen and oxygen atoms in total. The monoisotopic (exact) mass is 263 g/mol. The van der Waals surface area contributed by atoms with Crippen molar-refractivity contribution in [2.75, 3.05) is 13.7 Å². The van der Waals surface area contributed by atoms with Crippen LogP contribution in [0.5, 0.6) is 11.5 Å². The van der Waals surface area contributed by atoms with Crippen LogP contribution in [0.3, 0.4) is 0 Å². The highest BCUT2D eigenvalue weighted by molar-refractivity contribution is 5.39. The highest BCUT2D eigenvalue weighted by atomic mass is 16.5. The summed E-state index contributed by atoms with van der Waals surface area (Å²) >= 11 is 0. The topological polar surface area (TPSA) is 30.5 Å². The minimum absolute atomic E-state index is 0.245. The second kappa shape index (κ2) is 7.39. The van der Waals surface area contributed by atoms with Crippen molar-refractivity contribution in [3.8, 4) is 11.5 Å². The van der Waals surface area contributed by atoms with E-state index in [0.717, 1.165) is 17.9 Å².